The van der Waals surface area contributed by atoms with Gasteiger partial charge in [0.15, 0.2) is 0 Å². The topological polar surface area (TPSA) is 76.1 Å². The molecule has 0 unspecified atom stereocenters. The Balaban J connectivity index is 0.00000178. The number of hydrogen-bond donors (Lipinski definition) is 2. The first-order chi connectivity index (χ1) is 19.2. The SMILES string of the molecule is C=C(Cc1ncnc(NC[C@@H](C)NC(=O)OCC)c1/C(=C\C)c1ccccc1F)C1=C=C(C)C=CC=C1.CCC. The minimum atomic E-state index is -0.486. The summed E-state index contributed by atoms with van der Waals surface area (Å²) in [5.41, 5.74) is 8.54. The molecule has 1 aliphatic carbocycles. The lowest BCUT2D eigenvalue weighted by Crippen LogP contribution is -2.38. The van der Waals surface area contributed by atoms with Gasteiger partial charge in [-0.15, -0.1) is 5.73 Å². The first kappa shape index (κ1) is 32.0. The summed E-state index contributed by atoms with van der Waals surface area (Å²) >= 11 is 0. The van der Waals surface area contributed by atoms with Crippen LogP contribution < -0.4 is 10.6 Å². The van der Waals surface area contributed by atoms with Crippen LogP contribution in [0.5, 0.6) is 0 Å². The van der Waals surface area contributed by atoms with E-state index in [-0.39, 0.29) is 11.9 Å². The van der Waals surface area contributed by atoms with Crippen LogP contribution in [0.1, 0.15) is 64.8 Å². The normalized spacial score (nSPS) is 13.2. The number of benzene rings is 1. The Labute approximate surface area is 238 Å². The number of carbonyl (C=O) groups excluding carboxylic acids is 1. The molecular formula is C33H41FN4O2. The van der Waals surface area contributed by atoms with Crippen molar-refractivity contribution in [1.29, 1.82) is 0 Å². The number of hydrogen-bond acceptors (Lipinski definition) is 5. The van der Waals surface area contributed by atoms with Gasteiger partial charge in [-0.05, 0) is 56.6 Å². The first-order valence-corrected chi connectivity index (χ1v) is 13.7. The van der Waals surface area contributed by atoms with E-state index < -0.39 is 6.09 Å². The minimum absolute atomic E-state index is 0.246. The third-order valence-electron chi connectivity index (χ3n) is 5.68. The Kier molecular flexibility index (Phi) is 13.3. The number of nitrogens with zero attached hydrogens (tertiary/aromatic N) is 2. The summed E-state index contributed by atoms with van der Waals surface area (Å²) in [5.74, 6) is 0.192. The summed E-state index contributed by atoms with van der Waals surface area (Å²) in [6.45, 7) is 16.7. The van der Waals surface area contributed by atoms with Gasteiger partial charge in [-0.3, -0.25) is 0 Å². The Morgan fingerprint density at radius 1 is 1.18 bits per heavy atom. The zero-order valence-electron chi connectivity index (χ0n) is 24.5. The van der Waals surface area contributed by atoms with E-state index >= 15 is 0 Å². The van der Waals surface area contributed by atoms with Crippen LogP contribution in [0.4, 0.5) is 15.0 Å². The molecule has 1 aliphatic rings. The maximum atomic E-state index is 14.9. The Bertz CT molecular complexity index is 1330. The van der Waals surface area contributed by atoms with E-state index in [1.54, 1.807) is 25.1 Å². The summed E-state index contributed by atoms with van der Waals surface area (Å²) in [6.07, 6.45) is 12.4. The largest absolute Gasteiger partial charge is 0.450 e. The highest BCUT2D eigenvalue weighted by atomic mass is 19.1. The highest BCUT2D eigenvalue weighted by molar-refractivity contribution is 5.86. The number of rotatable bonds is 10. The highest BCUT2D eigenvalue weighted by Gasteiger charge is 2.21. The number of nitrogens with one attached hydrogen (secondary N) is 2. The molecule has 3 rings (SSSR count). The zero-order chi connectivity index (χ0) is 29.5. The summed E-state index contributed by atoms with van der Waals surface area (Å²) < 4.78 is 19.9. The van der Waals surface area contributed by atoms with Gasteiger partial charge in [0, 0.05) is 35.7 Å². The lowest BCUT2D eigenvalue weighted by Gasteiger charge is -2.20. The molecule has 40 heavy (non-hydrogen) atoms. The van der Waals surface area contributed by atoms with Crippen LogP contribution in [-0.4, -0.2) is 35.3 Å². The Morgan fingerprint density at radius 3 is 2.55 bits per heavy atom. The molecule has 0 bridgehead atoms. The molecule has 212 valence electrons. The van der Waals surface area contributed by atoms with Crippen molar-refractivity contribution in [2.75, 3.05) is 18.5 Å². The monoisotopic (exact) mass is 544 g/mol. The molecule has 2 aromatic rings. The van der Waals surface area contributed by atoms with E-state index in [0.29, 0.717) is 47.8 Å². The fourth-order valence-corrected chi connectivity index (χ4v) is 3.91. The molecule has 1 aromatic carbocycles. The van der Waals surface area contributed by atoms with Gasteiger partial charge in [-0.1, -0.05) is 69.4 Å². The zero-order valence-corrected chi connectivity index (χ0v) is 24.5. The number of ether oxygens (including phenoxy) is 1. The maximum Gasteiger partial charge on any atom is 0.407 e. The van der Waals surface area contributed by atoms with Gasteiger partial charge < -0.3 is 15.4 Å². The number of alkyl carbamates (subject to hydrolysis) is 1. The van der Waals surface area contributed by atoms with Crippen molar-refractivity contribution in [2.24, 2.45) is 0 Å². The van der Waals surface area contributed by atoms with Crippen molar-refractivity contribution in [3.8, 4) is 0 Å². The van der Waals surface area contributed by atoms with Crippen molar-refractivity contribution in [1.82, 2.24) is 15.3 Å². The maximum absolute atomic E-state index is 14.9. The molecule has 7 heteroatoms. The van der Waals surface area contributed by atoms with Crippen LogP contribution in [0, 0.1) is 5.82 Å². The number of allylic oxidation sites excluding steroid dienone is 7. The van der Waals surface area contributed by atoms with E-state index in [0.717, 1.165) is 16.7 Å². The molecule has 0 radical (unpaired) electrons. The number of carbonyl (C=O) groups is 1. The lowest BCUT2D eigenvalue weighted by molar-refractivity contribution is 0.149. The van der Waals surface area contributed by atoms with Crippen molar-refractivity contribution >= 4 is 17.5 Å². The molecular weight excluding hydrogens is 503 g/mol. The van der Waals surface area contributed by atoms with Gasteiger partial charge in [0.2, 0.25) is 0 Å². The van der Waals surface area contributed by atoms with Crippen molar-refractivity contribution in [3.05, 3.63) is 113 Å². The third kappa shape index (κ3) is 9.51. The second kappa shape index (κ2) is 16.7. The van der Waals surface area contributed by atoms with Crippen LogP contribution in [0.3, 0.4) is 0 Å². The number of amides is 1. The van der Waals surface area contributed by atoms with Crippen LogP contribution in [-0.2, 0) is 11.2 Å². The first-order valence-electron chi connectivity index (χ1n) is 13.7. The number of aromatic nitrogens is 2. The van der Waals surface area contributed by atoms with E-state index in [1.165, 1.54) is 18.8 Å². The standard InChI is InChI=1S/C30H33FN4O2.C3H8/c1-6-24(25-14-10-11-15-26(25)31)28-27(17-21(4)23-13-9-8-12-20(3)16-23)33-19-34-29(28)32-18-22(5)35-30(36)37-7-2;1-3-2/h6,8-15,19,22H,4,7,17-18H2,1-3,5H3,(H,35,36)(H,32,33,34);3H2,1-2H3/b24-6-;/t22-;/m1./s1. The highest BCUT2D eigenvalue weighted by Crippen LogP contribution is 2.33. The molecule has 0 fully saturated rings. The van der Waals surface area contributed by atoms with E-state index in [2.05, 4.69) is 46.8 Å². The van der Waals surface area contributed by atoms with Crippen LogP contribution in [0.2, 0.25) is 0 Å². The summed E-state index contributed by atoms with van der Waals surface area (Å²) in [5, 5.41) is 6.08. The predicted molar refractivity (Wildman–Crippen MR) is 163 cm³/mol. The predicted octanol–water partition coefficient (Wildman–Crippen LogP) is 7.73. The third-order valence-corrected chi connectivity index (χ3v) is 5.68. The molecule has 1 atom stereocenters. The molecule has 0 saturated carbocycles. The molecule has 0 spiro atoms. The number of anilines is 1. The fraction of sp³-hybridized carbons (Fsp3) is 0.333. The van der Waals surface area contributed by atoms with Crippen molar-refractivity contribution in [2.45, 2.75) is 60.4 Å². The lowest BCUT2D eigenvalue weighted by atomic mass is 9.92. The van der Waals surface area contributed by atoms with E-state index in [4.69, 9.17) is 4.74 Å². The molecule has 1 heterocycles. The Morgan fingerprint density at radius 2 is 1.88 bits per heavy atom. The van der Waals surface area contributed by atoms with Crippen molar-refractivity contribution in [3.63, 3.8) is 0 Å². The molecule has 0 saturated heterocycles. The second-order valence-electron chi connectivity index (χ2n) is 9.30. The molecule has 1 amide bonds. The fourth-order valence-electron chi connectivity index (χ4n) is 3.91. The van der Waals surface area contributed by atoms with Crippen LogP contribution >= 0.6 is 0 Å². The van der Waals surface area contributed by atoms with Gasteiger partial charge in [-0.2, -0.15) is 0 Å². The van der Waals surface area contributed by atoms with Crippen LogP contribution in [0.15, 0.2) is 90.0 Å². The van der Waals surface area contributed by atoms with E-state index in [9.17, 15) is 9.18 Å². The average molecular weight is 545 g/mol. The molecule has 2 N–H and O–H groups in total. The summed E-state index contributed by atoms with van der Waals surface area (Å²) in [7, 11) is 0. The number of halogens is 1. The summed E-state index contributed by atoms with van der Waals surface area (Å²) in [4.78, 5) is 20.9. The van der Waals surface area contributed by atoms with Gasteiger partial charge in [0.1, 0.15) is 18.0 Å². The Hall–Kier alpha value is -4.22. The quantitative estimate of drug-likeness (QED) is 0.299. The van der Waals surface area contributed by atoms with Gasteiger partial charge in [0.25, 0.3) is 0 Å². The molecule has 6 nitrogen and oxygen atoms in total. The molecule has 0 aliphatic heterocycles. The molecule has 1 aromatic heterocycles. The van der Waals surface area contributed by atoms with Gasteiger partial charge in [0.05, 0.1) is 12.3 Å². The van der Waals surface area contributed by atoms with Gasteiger partial charge >= 0.3 is 6.09 Å². The van der Waals surface area contributed by atoms with Gasteiger partial charge in [-0.25, -0.2) is 19.2 Å². The smallest absolute Gasteiger partial charge is 0.407 e. The summed E-state index contributed by atoms with van der Waals surface area (Å²) in [6, 6.07) is 6.38. The van der Waals surface area contributed by atoms with Crippen LogP contribution in [0.25, 0.3) is 5.57 Å². The second-order valence-corrected chi connectivity index (χ2v) is 9.30. The van der Waals surface area contributed by atoms with E-state index in [1.807, 2.05) is 51.2 Å². The van der Waals surface area contributed by atoms with Crippen molar-refractivity contribution < 1.29 is 13.9 Å². The average Bonchev–Trinajstić information content (AvgIpc) is 3.15. The minimum Gasteiger partial charge on any atom is -0.450 e.